The smallest absolute Gasteiger partial charge is 0.0950 e. The predicted molar refractivity (Wildman–Crippen MR) is 106 cm³/mol. The highest BCUT2D eigenvalue weighted by molar-refractivity contribution is 5.82. The molecule has 0 radical (unpaired) electrons. The average molecular weight is 346 g/mol. The minimum atomic E-state index is -0.487. The van der Waals surface area contributed by atoms with Crippen molar-refractivity contribution >= 4 is 10.9 Å². The number of aryl methyl sites for hydroxylation is 2. The maximum Gasteiger partial charge on any atom is 0.0950 e. The van der Waals surface area contributed by atoms with Gasteiger partial charge in [-0.2, -0.15) is 0 Å². The van der Waals surface area contributed by atoms with E-state index in [2.05, 4.69) is 41.7 Å². The molecule has 3 nitrogen and oxygen atoms in total. The maximum absolute atomic E-state index is 11.1. The lowest BCUT2D eigenvalue weighted by Gasteiger charge is -2.29. The summed E-state index contributed by atoms with van der Waals surface area (Å²) in [6, 6.07) is 20.9. The lowest BCUT2D eigenvalue weighted by molar-refractivity contribution is 0.115. The number of nitrogens with zero attached hydrogens (tertiary/aromatic N) is 1. The van der Waals surface area contributed by atoms with Crippen molar-refractivity contribution in [2.24, 2.45) is 0 Å². The third-order valence-corrected chi connectivity index (χ3v) is 5.36. The average Bonchev–Trinajstić information content (AvgIpc) is 2.72. The Hall–Kier alpha value is -2.23. The van der Waals surface area contributed by atoms with Crippen LogP contribution in [-0.2, 0) is 12.8 Å². The number of hydrogen-bond donors (Lipinski definition) is 2. The second-order valence-electron chi connectivity index (χ2n) is 7.21. The summed E-state index contributed by atoms with van der Waals surface area (Å²) < 4.78 is 0. The zero-order valence-electron chi connectivity index (χ0n) is 15.1. The molecule has 2 N–H and O–H groups in total. The Balaban J connectivity index is 1.64. The number of para-hydroxylation sites is 1. The molecule has 3 aromatic rings. The molecular formula is C23H26N2O. The number of piperidine rings is 1. The Kier molecular flexibility index (Phi) is 5.28. The summed E-state index contributed by atoms with van der Waals surface area (Å²) in [5.41, 5.74) is 4.36. The number of rotatable bonds is 5. The minimum Gasteiger partial charge on any atom is -0.387 e. The van der Waals surface area contributed by atoms with Crippen LogP contribution in [-0.4, -0.2) is 22.7 Å². The molecule has 26 heavy (non-hydrogen) atoms. The van der Waals surface area contributed by atoms with Gasteiger partial charge in [0.2, 0.25) is 0 Å². The summed E-state index contributed by atoms with van der Waals surface area (Å²) in [6.45, 7) is 0.992. The van der Waals surface area contributed by atoms with Crippen LogP contribution in [0.15, 0.2) is 60.7 Å². The fourth-order valence-electron chi connectivity index (χ4n) is 3.91. The third kappa shape index (κ3) is 3.79. The van der Waals surface area contributed by atoms with Crippen LogP contribution in [0.1, 0.15) is 42.2 Å². The Labute approximate surface area is 155 Å². The largest absolute Gasteiger partial charge is 0.387 e. The van der Waals surface area contributed by atoms with Gasteiger partial charge in [-0.3, -0.25) is 4.98 Å². The van der Waals surface area contributed by atoms with E-state index in [1.807, 2.05) is 24.3 Å². The molecule has 0 bridgehead atoms. The molecule has 0 spiro atoms. The summed E-state index contributed by atoms with van der Waals surface area (Å²) in [5, 5.41) is 15.6. The monoisotopic (exact) mass is 346 g/mol. The molecule has 2 atom stereocenters. The number of aromatic nitrogens is 1. The molecule has 4 rings (SSSR count). The Bertz CT molecular complexity index is 856. The van der Waals surface area contributed by atoms with Gasteiger partial charge < -0.3 is 10.4 Å². The summed E-state index contributed by atoms with van der Waals surface area (Å²) >= 11 is 0. The first-order valence-corrected chi connectivity index (χ1v) is 9.65. The van der Waals surface area contributed by atoms with Crippen molar-refractivity contribution in [3.63, 3.8) is 0 Å². The summed E-state index contributed by atoms with van der Waals surface area (Å²) in [7, 11) is 0. The molecule has 0 amide bonds. The Morgan fingerprint density at radius 1 is 1.00 bits per heavy atom. The van der Waals surface area contributed by atoms with Crippen molar-refractivity contribution in [3.8, 4) is 0 Å². The van der Waals surface area contributed by atoms with Crippen molar-refractivity contribution in [2.45, 2.75) is 44.2 Å². The number of hydrogen-bond acceptors (Lipinski definition) is 3. The molecule has 2 aromatic carbocycles. The molecule has 0 saturated carbocycles. The van der Waals surface area contributed by atoms with Crippen molar-refractivity contribution in [3.05, 3.63) is 77.5 Å². The zero-order valence-corrected chi connectivity index (χ0v) is 15.1. The molecule has 1 aliphatic rings. The number of fused-ring (bicyclic) bond motifs is 1. The normalized spacial score (nSPS) is 18.7. The SMILES string of the molecule is O[C@H](c1cc(CCc2ccccc2)nc2ccccc12)[C@H]1CCCCN1. The molecule has 1 aromatic heterocycles. The molecule has 1 fully saturated rings. The van der Waals surface area contributed by atoms with E-state index in [0.717, 1.165) is 48.0 Å². The van der Waals surface area contributed by atoms with Gasteiger partial charge >= 0.3 is 0 Å². The number of nitrogens with one attached hydrogen (secondary N) is 1. The van der Waals surface area contributed by atoms with E-state index in [1.165, 1.54) is 18.4 Å². The van der Waals surface area contributed by atoms with Gasteiger partial charge in [-0.05, 0) is 55.5 Å². The van der Waals surface area contributed by atoms with Crippen LogP contribution in [0.3, 0.4) is 0 Å². The van der Waals surface area contributed by atoms with Crippen LogP contribution in [0, 0.1) is 0 Å². The Morgan fingerprint density at radius 2 is 1.81 bits per heavy atom. The van der Waals surface area contributed by atoms with E-state index in [4.69, 9.17) is 4.98 Å². The van der Waals surface area contributed by atoms with E-state index in [-0.39, 0.29) is 6.04 Å². The number of aliphatic hydroxyl groups is 1. The van der Waals surface area contributed by atoms with Gasteiger partial charge in [-0.1, -0.05) is 55.0 Å². The number of aliphatic hydroxyl groups excluding tert-OH is 1. The summed E-state index contributed by atoms with van der Waals surface area (Å²) in [4.78, 5) is 4.85. The maximum atomic E-state index is 11.1. The first-order chi connectivity index (χ1) is 12.8. The third-order valence-electron chi connectivity index (χ3n) is 5.36. The fraction of sp³-hybridized carbons (Fsp3) is 0.348. The van der Waals surface area contributed by atoms with Crippen molar-refractivity contribution in [1.29, 1.82) is 0 Å². The fourth-order valence-corrected chi connectivity index (χ4v) is 3.91. The number of pyridine rings is 1. The second-order valence-corrected chi connectivity index (χ2v) is 7.21. The van der Waals surface area contributed by atoms with E-state index < -0.39 is 6.10 Å². The second kappa shape index (κ2) is 7.98. The molecule has 2 heterocycles. The van der Waals surface area contributed by atoms with Crippen LogP contribution in [0.4, 0.5) is 0 Å². The number of benzene rings is 2. The van der Waals surface area contributed by atoms with Gasteiger partial charge in [-0.25, -0.2) is 0 Å². The predicted octanol–water partition coefficient (Wildman–Crippen LogP) is 4.20. The first kappa shape index (κ1) is 17.2. The van der Waals surface area contributed by atoms with Crippen LogP contribution in [0.5, 0.6) is 0 Å². The molecule has 0 unspecified atom stereocenters. The lowest BCUT2D eigenvalue weighted by atomic mass is 9.92. The minimum absolute atomic E-state index is 0.136. The standard InChI is InChI=1S/C23H26N2O/c26-23(22-12-6-7-15-24-22)20-16-18(14-13-17-8-2-1-3-9-17)25-21-11-5-4-10-19(20)21/h1-5,8-11,16,22-24,26H,6-7,12-15H2/t22-,23-/m1/s1. The van der Waals surface area contributed by atoms with Gasteiger partial charge in [0.15, 0.2) is 0 Å². The van der Waals surface area contributed by atoms with Gasteiger partial charge in [0.05, 0.1) is 11.6 Å². The molecule has 134 valence electrons. The van der Waals surface area contributed by atoms with Gasteiger partial charge in [0.1, 0.15) is 0 Å². The Morgan fingerprint density at radius 3 is 2.62 bits per heavy atom. The summed E-state index contributed by atoms with van der Waals surface area (Å²) in [5.74, 6) is 0. The summed E-state index contributed by atoms with van der Waals surface area (Å²) in [6.07, 6.45) is 4.76. The highest BCUT2D eigenvalue weighted by Crippen LogP contribution is 2.29. The molecule has 1 aliphatic heterocycles. The van der Waals surface area contributed by atoms with E-state index >= 15 is 0 Å². The molecule has 3 heteroatoms. The topological polar surface area (TPSA) is 45.2 Å². The van der Waals surface area contributed by atoms with E-state index in [0.29, 0.717) is 0 Å². The highest BCUT2D eigenvalue weighted by atomic mass is 16.3. The van der Waals surface area contributed by atoms with Crippen LogP contribution in [0.2, 0.25) is 0 Å². The molecule has 0 aliphatic carbocycles. The van der Waals surface area contributed by atoms with Gasteiger partial charge in [0, 0.05) is 17.1 Å². The first-order valence-electron chi connectivity index (χ1n) is 9.65. The molecule has 1 saturated heterocycles. The van der Waals surface area contributed by atoms with E-state index in [1.54, 1.807) is 0 Å². The highest BCUT2D eigenvalue weighted by Gasteiger charge is 2.24. The lowest BCUT2D eigenvalue weighted by Crippen LogP contribution is -2.38. The zero-order chi connectivity index (χ0) is 17.8. The van der Waals surface area contributed by atoms with Gasteiger partial charge in [0.25, 0.3) is 0 Å². The van der Waals surface area contributed by atoms with Crippen LogP contribution in [0.25, 0.3) is 10.9 Å². The van der Waals surface area contributed by atoms with Crippen molar-refractivity contribution < 1.29 is 5.11 Å². The van der Waals surface area contributed by atoms with Crippen LogP contribution < -0.4 is 5.32 Å². The van der Waals surface area contributed by atoms with Crippen molar-refractivity contribution in [2.75, 3.05) is 6.54 Å². The van der Waals surface area contributed by atoms with Gasteiger partial charge in [-0.15, -0.1) is 0 Å². The van der Waals surface area contributed by atoms with E-state index in [9.17, 15) is 5.11 Å². The quantitative estimate of drug-likeness (QED) is 0.728. The van der Waals surface area contributed by atoms with Crippen LogP contribution >= 0.6 is 0 Å². The van der Waals surface area contributed by atoms with Crippen molar-refractivity contribution in [1.82, 2.24) is 10.3 Å². The molecular weight excluding hydrogens is 320 g/mol.